The molecule has 242 valence electrons. The van der Waals surface area contributed by atoms with Crippen LogP contribution in [0.25, 0.3) is 5.76 Å². The van der Waals surface area contributed by atoms with E-state index in [1.807, 2.05) is 6.07 Å². The SMILES string of the molecule is C=C(OC)c1ccc(OCCCc2ccc(O[Si](C(C)C)(C(C)C)C(C)C)cc2)c(C(=O)NC2CCCC(C(=O)OC)C2)c1. The molecule has 1 amide bonds. The lowest BCUT2D eigenvalue weighted by Crippen LogP contribution is -2.50. The van der Waals surface area contributed by atoms with Crippen molar-refractivity contribution in [2.75, 3.05) is 20.8 Å². The van der Waals surface area contributed by atoms with Gasteiger partial charge < -0.3 is 24.0 Å². The van der Waals surface area contributed by atoms with Crippen molar-refractivity contribution >= 4 is 26.0 Å². The van der Waals surface area contributed by atoms with Gasteiger partial charge in [-0.1, -0.05) is 66.7 Å². The molecule has 0 heterocycles. The fraction of sp³-hybridized carbons (Fsp3) is 0.556. The quantitative estimate of drug-likeness (QED) is 0.0930. The van der Waals surface area contributed by atoms with Crippen molar-refractivity contribution in [1.29, 1.82) is 0 Å². The van der Waals surface area contributed by atoms with Crippen molar-refractivity contribution in [2.45, 2.75) is 103 Å². The summed E-state index contributed by atoms with van der Waals surface area (Å²) in [5.74, 6) is 1.29. The first-order chi connectivity index (χ1) is 20.9. The van der Waals surface area contributed by atoms with Gasteiger partial charge in [-0.2, -0.15) is 0 Å². The molecule has 2 aromatic rings. The van der Waals surface area contributed by atoms with Crippen LogP contribution in [-0.4, -0.2) is 47.1 Å². The number of ether oxygens (including phenoxy) is 3. The molecule has 1 aliphatic rings. The zero-order valence-electron chi connectivity index (χ0n) is 28.0. The van der Waals surface area contributed by atoms with E-state index in [1.165, 1.54) is 12.7 Å². The normalized spacial score (nSPS) is 17.0. The third-order valence-corrected chi connectivity index (χ3v) is 15.1. The molecule has 8 heteroatoms. The first-order valence-corrected chi connectivity index (χ1v) is 18.2. The second-order valence-electron chi connectivity index (χ2n) is 12.9. The number of methoxy groups -OCH3 is 2. The van der Waals surface area contributed by atoms with Gasteiger partial charge in [0, 0.05) is 11.6 Å². The van der Waals surface area contributed by atoms with Gasteiger partial charge in [0.2, 0.25) is 0 Å². The number of carbonyl (C=O) groups excluding carboxylic acids is 2. The molecule has 1 fully saturated rings. The highest BCUT2D eigenvalue weighted by atomic mass is 28.4. The maximum atomic E-state index is 13.5. The Morgan fingerprint density at radius 1 is 0.932 bits per heavy atom. The van der Waals surface area contributed by atoms with Gasteiger partial charge in [-0.05, 0) is 84.6 Å². The van der Waals surface area contributed by atoms with Crippen LogP contribution in [0.15, 0.2) is 49.0 Å². The van der Waals surface area contributed by atoms with Gasteiger partial charge in [-0.25, -0.2) is 0 Å². The maximum Gasteiger partial charge on any atom is 0.308 e. The molecule has 2 atom stereocenters. The summed E-state index contributed by atoms with van der Waals surface area (Å²) in [6.45, 7) is 18.2. The van der Waals surface area contributed by atoms with E-state index in [4.69, 9.17) is 18.6 Å². The summed E-state index contributed by atoms with van der Waals surface area (Å²) < 4.78 is 23.2. The molecule has 1 saturated carbocycles. The first kappa shape index (κ1) is 35.2. The average Bonchev–Trinajstić information content (AvgIpc) is 3.01. The minimum atomic E-state index is -1.99. The first-order valence-electron chi connectivity index (χ1n) is 16.1. The Bertz CT molecular complexity index is 1230. The van der Waals surface area contributed by atoms with Crippen LogP contribution in [-0.2, 0) is 20.7 Å². The molecule has 0 aliphatic heterocycles. The molecule has 7 nitrogen and oxygen atoms in total. The summed E-state index contributed by atoms with van der Waals surface area (Å²) in [4.78, 5) is 25.6. The lowest BCUT2D eigenvalue weighted by Gasteiger charge is -2.42. The van der Waals surface area contributed by atoms with E-state index in [0.717, 1.165) is 37.9 Å². The Kier molecular flexibility index (Phi) is 12.9. The molecule has 44 heavy (non-hydrogen) atoms. The molecular weight excluding hydrogens is 570 g/mol. The number of rotatable bonds is 15. The predicted octanol–water partition coefficient (Wildman–Crippen LogP) is 8.33. The molecule has 0 bridgehead atoms. The number of amides is 1. The highest BCUT2D eigenvalue weighted by molar-refractivity contribution is 6.78. The van der Waals surface area contributed by atoms with Crippen LogP contribution in [0, 0.1) is 5.92 Å². The van der Waals surface area contributed by atoms with Crippen LogP contribution >= 0.6 is 0 Å². The Hall–Kier alpha value is -3.26. The van der Waals surface area contributed by atoms with Crippen molar-refractivity contribution in [3.8, 4) is 11.5 Å². The molecule has 1 aliphatic carbocycles. The molecular formula is C36H53NO6Si. The summed E-state index contributed by atoms with van der Waals surface area (Å²) in [7, 11) is 0.966. The molecule has 1 N–H and O–H groups in total. The van der Waals surface area contributed by atoms with Crippen LogP contribution in [0.1, 0.15) is 95.1 Å². The molecule has 0 aromatic heterocycles. The van der Waals surface area contributed by atoms with Crippen molar-refractivity contribution in [3.63, 3.8) is 0 Å². The molecule has 2 aromatic carbocycles. The molecule has 3 rings (SSSR count). The summed E-state index contributed by atoms with van der Waals surface area (Å²) in [6, 6.07) is 13.8. The second-order valence-corrected chi connectivity index (χ2v) is 18.3. The van der Waals surface area contributed by atoms with E-state index in [1.54, 1.807) is 19.2 Å². The number of carbonyl (C=O) groups is 2. The number of nitrogens with one attached hydrogen (secondary N) is 1. The van der Waals surface area contributed by atoms with E-state index < -0.39 is 8.32 Å². The fourth-order valence-electron chi connectivity index (χ4n) is 6.83. The summed E-state index contributed by atoms with van der Waals surface area (Å²) >= 11 is 0. The van der Waals surface area contributed by atoms with Crippen molar-refractivity contribution < 1.29 is 28.2 Å². The topological polar surface area (TPSA) is 83.1 Å². The Balaban J connectivity index is 1.64. The highest BCUT2D eigenvalue weighted by Gasteiger charge is 2.47. The van der Waals surface area contributed by atoms with Crippen molar-refractivity contribution in [2.24, 2.45) is 5.92 Å². The van der Waals surface area contributed by atoms with Crippen molar-refractivity contribution in [3.05, 3.63) is 65.7 Å². The van der Waals surface area contributed by atoms with E-state index in [0.29, 0.717) is 52.3 Å². The number of benzene rings is 2. The fourth-order valence-corrected chi connectivity index (χ4v) is 12.1. The Morgan fingerprint density at radius 3 is 2.18 bits per heavy atom. The van der Waals surface area contributed by atoms with E-state index >= 15 is 0 Å². The van der Waals surface area contributed by atoms with E-state index in [9.17, 15) is 9.59 Å². The third-order valence-electron chi connectivity index (χ3n) is 9.13. The van der Waals surface area contributed by atoms with Gasteiger partial charge in [0.25, 0.3) is 14.2 Å². The average molecular weight is 624 g/mol. The number of hydrogen-bond donors (Lipinski definition) is 1. The smallest absolute Gasteiger partial charge is 0.308 e. The van der Waals surface area contributed by atoms with Gasteiger partial charge >= 0.3 is 5.97 Å². The van der Waals surface area contributed by atoms with Crippen LogP contribution < -0.4 is 14.5 Å². The largest absolute Gasteiger partial charge is 0.543 e. The summed E-state index contributed by atoms with van der Waals surface area (Å²) in [6.07, 6.45) is 4.66. The zero-order chi connectivity index (χ0) is 32.4. The van der Waals surface area contributed by atoms with Crippen LogP contribution in [0.3, 0.4) is 0 Å². The minimum absolute atomic E-state index is 0.108. The third kappa shape index (κ3) is 8.68. The lowest BCUT2D eigenvalue weighted by atomic mass is 9.85. The van der Waals surface area contributed by atoms with Gasteiger partial charge in [0.05, 0.1) is 32.3 Å². The van der Waals surface area contributed by atoms with Gasteiger partial charge in [0.1, 0.15) is 17.3 Å². The van der Waals surface area contributed by atoms with Gasteiger partial charge in [0.15, 0.2) is 0 Å². The standard InChI is InChI=1S/C36H53NO6Si/c1-24(2)44(25(3)4,26(5)6)43-32-18-15-28(16-19-32)12-11-21-42-34-20-17-29(27(7)40-8)23-33(34)35(38)37-31-14-10-13-30(22-31)36(39)41-9/h15-20,23-26,30-31H,7,10-14,21-22H2,1-6,8-9H3,(H,37,38). The van der Waals surface area contributed by atoms with Crippen LogP contribution in [0.5, 0.6) is 11.5 Å². The highest BCUT2D eigenvalue weighted by Crippen LogP contribution is 2.42. The van der Waals surface area contributed by atoms with E-state index in [-0.39, 0.29) is 23.8 Å². The second kappa shape index (κ2) is 16.2. The molecule has 0 radical (unpaired) electrons. The summed E-state index contributed by atoms with van der Waals surface area (Å²) in [5, 5.41) is 3.12. The zero-order valence-corrected chi connectivity index (χ0v) is 29.0. The van der Waals surface area contributed by atoms with Gasteiger partial charge in [-0.15, -0.1) is 0 Å². The monoisotopic (exact) mass is 623 g/mol. The minimum Gasteiger partial charge on any atom is -0.543 e. The number of esters is 1. The number of aryl methyl sites for hydroxylation is 1. The van der Waals surface area contributed by atoms with Crippen molar-refractivity contribution in [1.82, 2.24) is 5.32 Å². The molecule has 0 saturated heterocycles. The lowest BCUT2D eigenvalue weighted by molar-refractivity contribution is -0.146. The molecule has 2 unspecified atom stereocenters. The Labute approximate surface area is 265 Å². The summed E-state index contributed by atoms with van der Waals surface area (Å²) in [5.41, 5.74) is 3.92. The maximum absolute atomic E-state index is 13.5. The van der Waals surface area contributed by atoms with E-state index in [2.05, 4.69) is 77.7 Å². The predicted molar refractivity (Wildman–Crippen MR) is 180 cm³/mol. The number of hydrogen-bond acceptors (Lipinski definition) is 6. The Morgan fingerprint density at radius 2 is 1.59 bits per heavy atom. The van der Waals surface area contributed by atoms with Gasteiger partial charge in [-0.3, -0.25) is 9.59 Å². The van der Waals surface area contributed by atoms with Crippen LogP contribution in [0.2, 0.25) is 16.6 Å². The van der Waals surface area contributed by atoms with Crippen LogP contribution in [0.4, 0.5) is 0 Å². The molecule has 0 spiro atoms.